The minimum Gasteiger partial charge on any atom is -0.369 e. The van der Waals surface area contributed by atoms with Crippen LogP contribution in [0.3, 0.4) is 0 Å². The first-order chi connectivity index (χ1) is 9.97. The van der Waals surface area contributed by atoms with Crippen molar-refractivity contribution in [1.29, 1.82) is 0 Å². The Morgan fingerprint density at radius 1 is 1.38 bits per heavy atom. The molecule has 1 N–H and O–H groups in total. The highest BCUT2D eigenvalue weighted by Crippen LogP contribution is 2.31. The Hall–Kier alpha value is -0.550. The fraction of sp³-hybridized carbons (Fsp3) is 0.375. The van der Waals surface area contributed by atoms with Gasteiger partial charge in [0.25, 0.3) is 0 Å². The monoisotopic (exact) mass is 386 g/mol. The van der Waals surface area contributed by atoms with Crippen molar-refractivity contribution < 1.29 is 0 Å². The number of nitrogens with zero attached hydrogens (tertiary/aromatic N) is 1. The van der Waals surface area contributed by atoms with E-state index in [4.69, 9.17) is 11.6 Å². The van der Waals surface area contributed by atoms with Gasteiger partial charge in [-0.25, -0.2) is 0 Å². The zero-order valence-corrected chi connectivity index (χ0v) is 15.6. The van der Waals surface area contributed by atoms with Crippen molar-refractivity contribution in [3.05, 3.63) is 49.6 Å². The van der Waals surface area contributed by atoms with Gasteiger partial charge in [0.05, 0.1) is 14.5 Å². The second kappa shape index (κ2) is 7.63. The number of nitrogens with one attached hydrogen (secondary N) is 1. The zero-order chi connectivity index (χ0) is 15.4. The van der Waals surface area contributed by atoms with Crippen molar-refractivity contribution in [3.63, 3.8) is 0 Å². The van der Waals surface area contributed by atoms with Gasteiger partial charge in [-0.15, -0.1) is 11.3 Å². The average molecular weight is 388 g/mol. The highest BCUT2D eigenvalue weighted by atomic mass is 79.9. The maximum atomic E-state index is 6.43. The second-order valence-electron chi connectivity index (χ2n) is 5.40. The molecule has 2 aromatic rings. The maximum absolute atomic E-state index is 6.43. The first kappa shape index (κ1) is 16.8. The van der Waals surface area contributed by atoms with Crippen molar-refractivity contribution in [1.82, 2.24) is 5.32 Å². The molecular weight excluding hydrogens is 368 g/mol. The molecule has 1 heterocycles. The summed E-state index contributed by atoms with van der Waals surface area (Å²) < 4.78 is 1.16. The molecule has 0 amide bonds. The minimum atomic E-state index is 0.454. The van der Waals surface area contributed by atoms with E-state index in [-0.39, 0.29) is 0 Å². The number of hydrogen-bond donors (Lipinski definition) is 1. The van der Waals surface area contributed by atoms with Crippen LogP contribution in [0.4, 0.5) is 5.69 Å². The summed E-state index contributed by atoms with van der Waals surface area (Å²) in [5.74, 6) is 0. The molecule has 0 saturated carbocycles. The van der Waals surface area contributed by atoms with Crippen LogP contribution in [0.1, 0.15) is 25.0 Å². The van der Waals surface area contributed by atoms with Gasteiger partial charge in [0.1, 0.15) is 0 Å². The lowest BCUT2D eigenvalue weighted by molar-refractivity contribution is 0.588. The molecule has 0 radical (unpaired) electrons. The number of thiophene rings is 1. The number of para-hydroxylation sites is 1. The predicted molar refractivity (Wildman–Crippen MR) is 97.6 cm³/mol. The van der Waals surface area contributed by atoms with Crippen LogP contribution in [0, 0.1) is 0 Å². The predicted octanol–water partition coefficient (Wildman–Crippen LogP) is 5.30. The van der Waals surface area contributed by atoms with Gasteiger partial charge in [-0.1, -0.05) is 37.6 Å². The topological polar surface area (TPSA) is 15.3 Å². The molecule has 2 rings (SSSR count). The van der Waals surface area contributed by atoms with E-state index in [2.05, 4.69) is 64.6 Å². The van der Waals surface area contributed by atoms with Gasteiger partial charge in [0.2, 0.25) is 0 Å². The minimum absolute atomic E-state index is 0.454. The van der Waals surface area contributed by atoms with Crippen LogP contribution < -0.4 is 10.2 Å². The fourth-order valence-corrected chi connectivity index (χ4v) is 3.76. The summed E-state index contributed by atoms with van der Waals surface area (Å²) in [5, 5.41) is 6.43. The number of halogens is 2. The Labute approximate surface area is 144 Å². The molecule has 0 spiro atoms. The molecule has 21 heavy (non-hydrogen) atoms. The smallest absolute Gasteiger partial charge is 0.0701 e. The van der Waals surface area contributed by atoms with Gasteiger partial charge in [-0.05, 0) is 44.6 Å². The van der Waals surface area contributed by atoms with Crippen molar-refractivity contribution in [3.8, 4) is 0 Å². The van der Waals surface area contributed by atoms with Gasteiger partial charge >= 0.3 is 0 Å². The largest absolute Gasteiger partial charge is 0.369 e. The van der Waals surface area contributed by atoms with Gasteiger partial charge in [-0.3, -0.25) is 0 Å². The summed E-state index contributed by atoms with van der Waals surface area (Å²) >= 11 is 11.7. The van der Waals surface area contributed by atoms with E-state index in [1.165, 1.54) is 11.1 Å². The van der Waals surface area contributed by atoms with E-state index in [0.717, 1.165) is 27.6 Å². The third kappa shape index (κ3) is 4.71. The number of anilines is 1. The Morgan fingerprint density at radius 3 is 2.76 bits per heavy atom. The van der Waals surface area contributed by atoms with Gasteiger partial charge in [0, 0.05) is 26.2 Å². The highest BCUT2D eigenvalue weighted by molar-refractivity contribution is 9.11. The molecule has 0 aliphatic heterocycles. The van der Waals surface area contributed by atoms with E-state index in [1.807, 2.05) is 12.1 Å². The molecule has 5 heteroatoms. The van der Waals surface area contributed by atoms with Crippen LogP contribution in [0.2, 0.25) is 5.02 Å². The van der Waals surface area contributed by atoms with E-state index in [9.17, 15) is 0 Å². The van der Waals surface area contributed by atoms with Crippen LogP contribution in [-0.2, 0) is 13.1 Å². The lowest BCUT2D eigenvalue weighted by Crippen LogP contribution is -2.24. The number of rotatable bonds is 6. The average Bonchev–Trinajstić information content (AvgIpc) is 2.81. The Kier molecular flexibility index (Phi) is 6.11. The third-order valence-electron chi connectivity index (χ3n) is 3.19. The SMILES string of the molecule is CC(C)NCc1cccc(Cl)c1N(C)Cc1csc(Br)c1. The molecule has 2 nitrogen and oxygen atoms in total. The van der Waals surface area contributed by atoms with Gasteiger partial charge in [-0.2, -0.15) is 0 Å². The summed E-state index contributed by atoms with van der Waals surface area (Å²) in [7, 11) is 2.09. The van der Waals surface area contributed by atoms with E-state index in [0.29, 0.717) is 6.04 Å². The van der Waals surface area contributed by atoms with Crippen LogP contribution in [0.15, 0.2) is 33.4 Å². The summed E-state index contributed by atoms with van der Waals surface area (Å²) in [4.78, 5) is 2.22. The molecule has 1 aromatic carbocycles. The zero-order valence-electron chi connectivity index (χ0n) is 12.5. The van der Waals surface area contributed by atoms with Crippen LogP contribution in [0.25, 0.3) is 0 Å². The van der Waals surface area contributed by atoms with Crippen LogP contribution >= 0.6 is 38.9 Å². The quantitative estimate of drug-likeness (QED) is 0.723. The normalized spacial score (nSPS) is 11.1. The van der Waals surface area contributed by atoms with Crippen molar-refractivity contribution in [2.24, 2.45) is 0 Å². The van der Waals surface area contributed by atoms with Gasteiger partial charge in [0.15, 0.2) is 0 Å². The van der Waals surface area contributed by atoms with E-state index >= 15 is 0 Å². The highest BCUT2D eigenvalue weighted by Gasteiger charge is 2.13. The van der Waals surface area contributed by atoms with Crippen LogP contribution in [0.5, 0.6) is 0 Å². The van der Waals surface area contributed by atoms with Crippen LogP contribution in [-0.4, -0.2) is 13.1 Å². The van der Waals surface area contributed by atoms with E-state index in [1.54, 1.807) is 11.3 Å². The Morgan fingerprint density at radius 2 is 2.14 bits per heavy atom. The molecule has 0 aliphatic rings. The first-order valence-corrected chi connectivity index (χ1v) is 8.97. The summed E-state index contributed by atoms with van der Waals surface area (Å²) in [5.41, 5.74) is 3.62. The maximum Gasteiger partial charge on any atom is 0.0701 e. The Bertz CT molecular complexity index is 598. The number of benzene rings is 1. The van der Waals surface area contributed by atoms with Crippen molar-refractivity contribution >= 4 is 44.6 Å². The molecule has 0 bridgehead atoms. The molecule has 114 valence electrons. The molecule has 0 atom stereocenters. The Balaban J connectivity index is 2.20. The molecule has 0 unspecified atom stereocenters. The molecule has 1 aromatic heterocycles. The summed E-state index contributed by atoms with van der Waals surface area (Å²) in [6, 6.07) is 8.71. The standard InChI is InChI=1S/C16H20BrClN2S/c1-11(2)19-8-13-5-4-6-14(18)16(13)20(3)9-12-7-15(17)21-10-12/h4-7,10-11,19H,8-9H2,1-3H3. The molecular formula is C16H20BrClN2S. The lowest BCUT2D eigenvalue weighted by Gasteiger charge is -2.24. The molecule has 0 aliphatic carbocycles. The fourth-order valence-electron chi connectivity index (χ4n) is 2.23. The van der Waals surface area contributed by atoms with E-state index < -0.39 is 0 Å². The number of hydrogen-bond acceptors (Lipinski definition) is 3. The summed E-state index contributed by atoms with van der Waals surface area (Å²) in [6.07, 6.45) is 0. The third-order valence-corrected chi connectivity index (χ3v) is 5.05. The lowest BCUT2D eigenvalue weighted by atomic mass is 10.1. The summed E-state index contributed by atoms with van der Waals surface area (Å²) in [6.45, 7) is 5.97. The molecule has 0 saturated heterocycles. The first-order valence-electron chi connectivity index (χ1n) is 6.92. The van der Waals surface area contributed by atoms with Crippen molar-refractivity contribution in [2.45, 2.75) is 33.0 Å². The van der Waals surface area contributed by atoms with Gasteiger partial charge < -0.3 is 10.2 Å². The molecule has 0 fully saturated rings. The second-order valence-corrected chi connectivity index (χ2v) is 8.10. The van der Waals surface area contributed by atoms with Crippen molar-refractivity contribution in [2.75, 3.05) is 11.9 Å².